The molecular weight excluding hydrogens is 158 g/mol. The molecule has 1 aliphatic heterocycles. The lowest BCUT2D eigenvalue weighted by molar-refractivity contribution is -0.148. The fourth-order valence-corrected chi connectivity index (χ4v) is 2.13. The molecule has 4 heteroatoms. The first kappa shape index (κ1) is 7.58. The molecule has 2 rings (SSSR count). The second-order valence-corrected chi connectivity index (χ2v) is 3.58. The number of likely N-dealkylation sites (tertiary alicyclic amines) is 1. The number of amides is 1. The van der Waals surface area contributed by atoms with Crippen molar-refractivity contribution in [3.05, 3.63) is 0 Å². The van der Waals surface area contributed by atoms with Crippen LogP contribution in [0.4, 0.5) is 0 Å². The number of carboxylic acid groups (broad SMARTS) is 1. The highest BCUT2D eigenvalue weighted by Crippen LogP contribution is 2.47. The highest BCUT2D eigenvalue weighted by Gasteiger charge is 2.55. The zero-order valence-corrected chi connectivity index (χ0v) is 6.86. The normalized spacial score (nSPS) is 37.8. The molecule has 3 atom stereocenters. The molecule has 0 radical (unpaired) electrons. The van der Waals surface area contributed by atoms with Crippen LogP contribution in [0.5, 0.6) is 0 Å². The second kappa shape index (κ2) is 2.21. The molecule has 0 spiro atoms. The van der Waals surface area contributed by atoms with Gasteiger partial charge in [-0.3, -0.25) is 4.79 Å². The second-order valence-electron chi connectivity index (χ2n) is 3.58. The first-order valence-electron chi connectivity index (χ1n) is 4.13. The van der Waals surface area contributed by atoms with Crippen LogP contribution in [-0.2, 0) is 9.59 Å². The largest absolute Gasteiger partial charge is 0.480 e. The summed E-state index contributed by atoms with van der Waals surface area (Å²) in [7, 11) is 0. The molecule has 1 saturated heterocycles. The van der Waals surface area contributed by atoms with E-state index in [9.17, 15) is 9.59 Å². The highest BCUT2D eigenvalue weighted by atomic mass is 16.4. The van der Waals surface area contributed by atoms with E-state index in [0.29, 0.717) is 12.3 Å². The van der Waals surface area contributed by atoms with Crippen LogP contribution in [0, 0.1) is 5.92 Å². The van der Waals surface area contributed by atoms with E-state index in [2.05, 4.69) is 0 Å². The lowest BCUT2D eigenvalue weighted by atomic mass is 10.2. The summed E-state index contributed by atoms with van der Waals surface area (Å²) >= 11 is 0. The molecule has 0 unspecified atom stereocenters. The Labute approximate surface area is 70.2 Å². The summed E-state index contributed by atoms with van der Waals surface area (Å²) in [4.78, 5) is 23.3. The molecule has 12 heavy (non-hydrogen) atoms. The lowest BCUT2D eigenvalue weighted by Gasteiger charge is -2.22. The molecule has 1 saturated carbocycles. The van der Waals surface area contributed by atoms with Gasteiger partial charge in [0.25, 0.3) is 0 Å². The van der Waals surface area contributed by atoms with Gasteiger partial charge in [-0.15, -0.1) is 0 Å². The Bertz CT molecular complexity index is 251. The van der Waals surface area contributed by atoms with E-state index in [-0.39, 0.29) is 11.9 Å². The Kier molecular flexibility index (Phi) is 1.40. The number of fused-ring (bicyclic) bond motifs is 1. The van der Waals surface area contributed by atoms with Crippen molar-refractivity contribution in [2.24, 2.45) is 5.92 Å². The number of carboxylic acids is 1. The molecule has 0 bridgehead atoms. The van der Waals surface area contributed by atoms with Crippen LogP contribution in [0.25, 0.3) is 0 Å². The average Bonchev–Trinajstić information content (AvgIpc) is 2.60. The smallest absolute Gasteiger partial charge is 0.326 e. The van der Waals surface area contributed by atoms with Crippen molar-refractivity contribution < 1.29 is 14.7 Å². The number of piperidine rings is 1. The van der Waals surface area contributed by atoms with Gasteiger partial charge in [-0.1, -0.05) is 0 Å². The highest BCUT2D eigenvalue weighted by molar-refractivity contribution is 5.84. The van der Waals surface area contributed by atoms with Crippen molar-refractivity contribution in [2.45, 2.75) is 31.8 Å². The summed E-state index contributed by atoms with van der Waals surface area (Å²) < 4.78 is 0. The van der Waals surface area contributed by atoms with Crippen LogP contribution in [0.1, 0.15) is 19.8 Å². The third-order valence-electron chi connectivity index (χ3n) is 2.75. The van der Waals surface area contributed by atoms with Crippen LogP contribution in [0.2, 0.25) is 0 Å². The fraction of sp³-hybridized carbons (Fsp3) is 0.750. The van der Waals surface area contributed by atoms with Crippen molar-refractivity contribution in [3.8, 4) is 0 Å². The number of carbonyl (C=O) groups excluding carboxylic acids is 1. The van der Waals surface area contributed by atoms with Gasteiger partial charge in [-0.2, -0.15) is 0 Å². The minimum atomic E-state index is -0.864. The number of aliphatic carboxylic acids is 1. The SMILES string of the molecule is CC(=O)N1[C@@H]2C[C@@H]2C[C@H]1C(=O)O. The van der Waals surface area contributed by atoms with Crippen molar-refractivity contribution in [2.75, 3.05) is 0 Å². The Morgan fingerprint density at radius 3 is 2.50 bits per heavy atom. The molecule has 2 aliphatic rings. The van der Waals surface area contributed by atoms with Gasteiger partial charge in [0.15, 0.2) is 0 Å². The van der Waals surface area contributed by atoms with E-state index in [1.807, 2.05) is 0 Å². The van der Waals surface area contributed by atoms with E-state index < -0.39 is 12.0 Å². The summed E-state index contributed by atoms with van der Waals surface area (Å²) in [5, 5.41) is 8.78. The summed E-state index contributed by atoms with van der Waals surface area (Å²) in [6.07, 6.45) is 1.66. The zero-order valence-electron chi connectivity index (χ0n) is 6.86. The van der Waals surface area contributed by atoms with Crippen LogP contribution < -0.4 is 0 Å². The standard InChI is InChI=1S/C8H11NO3/c1-4(10)9-6-2-5(6)3-7(9)8(11)12/h5-7H,2-3H2,1H3,(H,11,12)/t5-,6-,7+/m1/s1. The van der Waals surface area contributed by atoms with Gasteiger partial charge >= 0.3 is 5.97 Å². The van der Waals surface area contributed by atoms with Gasteiger partial charge in [0.05, 0.1) is 0 Å². The Hall–Kier alpha value is -1.06. The van der Waals surface area contributed by atoms with Gasteiger partial charge in [-0.25, -0.2) is 4.79 Å². The topological polar surface area (TPSA) is 57.6 Å². The fourth-order valence-electron chi connectivity index (χ4n) is 2.13. The Balaban J connectivity index is 2.16. The Morgan fingerprint density at radius 1 is 1.42 bits per heavy atom. The number of hydrogen-bond donors (Lipinski definition) is 1. The molecule has 1 amide bonds. The quantitative estimate of drug-likeness (QED) is 0.604. The van der Waals surface area contributed by atoms with Gasteiger partial charge < -0.3 is 10.0 Å². The maximum atomic E-state index is 11.1. The maximum absolute atomic E-state index is 11.1. The third kappa shape index (κ3) is 0.906. The van der Waals surface area contributed by atoms with E-state index >= 15 is 0 Å². The number of rotatable bonds is 1. The maximum Gasteiger partial charge on any atom is 0.326 e. The molecule has 0 aromatic heterocycles. The van der Waals surface area contributed by atoms with Crippen molar-refractivity contribution >= 4 is 11.9 Å². The van der Waals surface area contributed by atoms with E-state index in [1.54, 1.807) is 0 Å². The van der Waals surface area contributed by atoms with E-state index in [1.165, 1.54) is 11.8 Å². The minimum absolute atomic E-state index is 0.104. The number of hydrogen-bond acceptors (Lipinski definition) is 2. The molecule has 1 N–H and O–H groups in total. The van der Waals surface area contributed by atoms with Crippen LogP contribution in [0.3, 0.4) is 0 Å². The average molecular weight is 169 g/mol. The van der Waals surface area contributed by atoms with E-state index in [4.69, 9.17) is 5.11 Å². The van der Waals surface area contributed by atoms with Crippen molar-refractivity contribution in [1.82, 2.24) is 4.90 Å². The van der Waals surface area contributed by atoms with E-state index in [0.717, 1.165) is 6.42 Å². The molecule has 0 aromatic rings. The molecule has 2 fully saturated rings. The summed E-state index contributed by atoms with van der Waals surface area (Å²) in [6, 6.07) is -0.310. The molecule has 1 heterocycles. The van der Waals surface area contributed by atoms with Gasteiger partial charge in [-0.05, 0) is 18.8 Å². The minimum Gasteiger partial charge on any atom is -0.480 e. The van der Waals surface area contributed by atoms with Gasteiger partial charge in [0, 0.05) is 13.0 Å². The summed E-state index contributed by atoms with van der Waals surface area (Å²) in [6.45, 7) is 1.44. The lowest BCUT2D eigenvalue weighted by Crippen LogP contribution is -2.41. The third-order valence-corrected chi connectivity index (χ3v) is 2.75. The molecular formula is C8H11NO3. The van der Waals surface area contributed by atoms with Crippen LogP contribution in [-0.4, -0.2) is 34.0 Å². The van der Waals surface area contributed by atoms with Crippen LogP contribution in [0.15, 0.2) is 0 Å². The van der Waals surface area contributed by atoms with Gasteiger partial charge in [0.2, 0.25) is 5.91 Å². The first-order valence-corrected chi connectivity index (χ1v) is 4.13. The first-order chi connectivity index (χ1) is 5.61. The van der Waals surface area contributed by atoms with Gasteiger partial charge in [0.1, 0.15) is 6.04 Å². The molecule has 1 aliphatic carbocycles. The molecule has 4 nitrogen and oxygen atoms in total. The summed E-state index contributed by atoms with van der Waals surface area (Å²) in [5.41, 5.74) is 0. The zero-order chi connectivity index (χ0) is 8.88. The number of nitrogens with zero attached hydrogens (tertiary/aromatic N) is 1. The molecule has 0 aromatic carbocycles. The number of carbonyl (C=O) groups is 2. The molecule has 66 valence electrons. The van der Waals surface area contributed by atoms with Crippen LogP contribution >= 0.6 is 0 Å². The monoisotopic (exact) mass is 169 g/mol. The van der Waals surface area contributed by atoms with Crippen molar-refractivity contribution in [1.29, 1.82) is 0 Å². The predicted octanol–water partition coefficient (Wildman–Crippen LogP) is 0.0803. The Morgan fingerprint density at radius 2 is 2.08 bits per heavy atom. The summed E-state index contributed by atoms with van der Waals surface area (Å²) in [5.74, 6) is -0.500. The predicted molar refractivity (Wildman–Crippen MR) is 40.5 cm³/mol. The van der Waals surface area contributed by atoms with Crippen molar-refractivity contribution in [3.63, 3.8) is 0 Å².